The Labute approximate surface area is 110 Å². The average Bonchev–Trinajstić information content (AvgIpc) is 2.87. The molecule has 0 amide bonds. The van der Waals surface area contributed by atoms with Gasteiger partial charge in [0.15, 0.2) is 5.82 Å². The number of nitrogens with zero attached hydrogens (tertiary/aromatic N) is 4. The predicted octanol–water partition coefficient (Wildman–Crippen LogP) is 2.30. The third-order valence-corrected chi connectivity index (χ3v) is 2.69. The Morgan fingerprint density at radius 3 is 2.89 bits per heavy atom. The summed E-state index contributed by atoms with van der Waals surface area (Å²) in [6.07, 6.45) is 4.47. The second-order valence-electron chi connectivity index (χ2n) is 4.05. The van der Waals surface area contributed by atoms with Gasteiger partial charge in [-0.25, -0.2) is 9.97 Å². The van der Waals surface area contributed by atoms with Crippen molar-refractivity contribution in [2.24, 2.45) is 0 Å². The number of imidazole rings is 1. The van der Waals surface area contributed by atoms with Crippen molar-refractivity contribution in [3.8, 4) is 11.5 Å². The second kappa shape index (κ2) is 5.47. The summed E-state index contributed by atoms with van der Waals surface area (Å²) < 4.78 is 1.94. The molecule has 2 rings (SSSR count). The molecule has 0 saturated heterocycles. The van der Waals surface area contributed by atoms with E-state index in [0.29, 0.717) is 17.3 Å². The summed E-state index contributed by atoms with van der Waals surface area (Å²) in [7, 11) is 1.67. The van der Waals surface area contributed by atoms with Crippen LogP contribution >= 0.6 is 0 Å². The molecule has 0 aromatic carbocycles. The molecule has 0 atom stereocenters. The maximum absolute atomic E-state index is 10.9. The van der Waals surface area contributed by atoms with Gasteiger partial charge in [0, 0.05) is 32.1 Å². The van der Waals surface area contributed by atoms with E-state index in [1.54, 1.807) is 13.2 Å². The van der Waals surface area contributed by atoms with Crippen LogP contribution in [-0.4, -0.2) is 26.5 Å². The van der Waals surface area contributed by atoms with Crippen LogP contribution in [-0.2, 0) is 6.54 Å². The lowest BCUT2D eigenvalue weighted by molar-refractivity contribution is -0.384. The SMILES string of the molecule is CCCn1ccnc1-c1cc([N+](=O)[O-])cc(NC)n1. The molecule has 2 aromatic heterocycles. The molecule has 100 valence electrons. The largest absolute Gasteiger partial charge is 0.373 e. The Morgan fingerprint density at radius 2 is 2.26 bits per heavy atom. The van der Waals surface area contributed by atoms with Crippen molar-refractivity contribution >= 4 is 11.5 Å². The minimum Gasteiger partial charge on any atom is -0.373 e. The van der Waals surface area contributed by atoms with E-state index in [2.05, 4.69) is 22.2 Å². The first-order chi connectivity index (χ1) is 9.15. The van der Waals surface area contributed by atoms with Crippen LogP contribution < -0.4 is 5.32 Å². The minimum absolute atomic E-state index is 0.000369. The van der Waals surface area contributed by atoms with Gasteiger partial charge in [0.1, 0.15) is 11.5 Å². The highest BCUT2D eigenvalue weighted by molar-refractivity contribution is 5.60. The van der Waals surface area contributed by atoms with Gasteiger partial charge in [-0.1, -0.05) is 6.92 Å². The van der Waals surface area contributed by atoms with Crippen LogP contribution in [0.3, 0.4) is 0 Å². The summed E-state index contributed by atoms with van der Waals surface area (Å²) in [6.45, 7) is 2.86. The first kappa shape index (κ1) is 13.0. The summed E-state index contributed by atoms with van der Waals surface area (Å²) in [5.41, 5.74) is 0.498. The number of anilines is 1. The summed E-state index contributed by atoms with van der Waals surface area (Å²) in [5, 5.41) is 13.7. The minimum atomic E-state index is -0.431. The van der Waals surface area contributed by atoms with Crippen LogP contribution in [0.4, 0.5) is 11.5 Å². The standard InChI is InChI=1S/C12H15N5O2/c1-3-5-16-6-4-14-12(16)10-7-9(17(18)19)8-11(13-2)15-10/h4,6-8H,3,5H2,1-2H3,(H,13,15). The molecule has 0 fully saturated rings. The van der Waals surface area contributed by atoms with E-state index in [0.717, 1.165) is 13.0 Å². The van der Waals surface area contributed by atoms with E-state index in [1.807, 2.05) is 10.8 Å². The topological polar surface area (TPSA) is 85.9 Å². The number of pyridine rings is 1. The smallest absolute Gasteiger partial charge is 0.275 e. The van der Waals surface area contributed by atoms with E-state index >= 15 is 0 Å². The second-order valence-corrected chi connectivity index (χ2v) is 4.05. The molecule has 7 heteroatoms. The Balaban J connectivity index is 2.51. The lowest BCUT2D eigenvalue weighted by Crippen LogP contribution is -2.02. The highest BCUT2D eigenvalue weighted by Gasteiger charge is 2.15. The van der Waals surface area contributed by atoms with Crippen LogP contribution in [0, 0.1) is 10.1 Å². The average molecular weight is 261 g/mol. The van der Waals surface area contributed by atoms with Gasteiger partial charge in [-0.3, -0.25) is 10.1 Å². The lowest BCUT2D eigenvalue weighted by atomic mass is 10.3. The molecule has 0 saturated carbocycles. The van der Waals surface area contributed by atoms with E-state index in [9.17, 15) is 10.1 Å². The summed E-state index contributed by atoms with van der Waals surface area (Å²) in [4.78, 5) is 19.0. The highest BCUT2D eigenvalue weighted by atomic mass is 16.6. The summed E-state index contributed by atoms with van der Waals surface area (Å²) >= 11 is 0. The number of nitrogens with one attached hydrogen (secondary N) is 1. The molecule has 0 radical (unpaired) electrons. The van der Waals surface area contributed by atoms with Crippen molar-refractivity contribution in [3.05, 3.63) is 34.6 Å². The zero-order valence-corrected chi connectivity index (χ0v) is 10.8. The van der Waals surface area contributed by atoms with Crippen molar-refractivity contribution in [2.45, 2.75) is 19.9 Å². The molecule has 0 aliphatic heterocycles. The van der Waals surface area contributed by atoms with Gasteiger partial charge in [-0.2, -0.15) is 0 Å². The van der Waals surface area contributed by atoms with Crippen LogP contribution in [0.1, 0.15) is 13.3 Å². The number of rotatable bonds is 5. The van der Waals surface area contributed by atoms with Gasteiger partial charge in [0.2, 0.25) is 0 Å². The molecule has 2 aromatic rings. The van der Waals surface area contributed by atoms with Gasteiger partial charge < -0.3 is 9.88 Å². The third-order valence-electron chi connectivity index (χ3n) is 2.69. The van der Waals surface area contributed by atoms with Crippen LogP contribution in [0.2, 0.25) is 0 Å². The zero-order chi connectivity index (χ0) is 13.8. The number of hydrogen-bond acceptors (Lipinski definition) is 5. The molecule has 7 nitrogen and oxygen atoms in total. The zero-order valence-electron chi connectivity index (χ0n) is 10.8. The quantitative estimate of drug-likeness (QED) is 0.659. The molecule has 2 heterocycles. The van der Waals surface area contributed by atoms with Crippen LogP contribution in [0.15, 0.2) is 24.5 Å². The fraction of sp³-hybridized carbons (Fsp3) is 0.333. The van der Waals surface area contributed by atoms with E-state index in [1.165, 1.54) is 12.1 Å². The first-order valence-corrected chi connectivity index (χ1v) is 6.01. The summed E-state index contributed by atoms with van der Waals surface area (Å²) in [5.74, 6) is 1.09. The molecule has 19 heavy (non-hydrogen) atoms. The predicted molar refractivity (Wildman–Crippen MR) is 72.0 cm³/mol. The fourth-order valence-corrected chi connectivity index (χ4v) is 1.83. The van der Waals surface area contributed by atoms with E-state index in [-0.39, 0.29) is 5.69 Å². The number of aromatic nitrogens is 3. The van der Waals surface area contributed by atoms with Gasteiger partial charge in [0.25, 0.3) is 5.69 Å². The Hall–Kier alpha value is -2.44. The third kappa shape index (κ3) is 2.70. The van der Waals surface area contributed by atoms with Crippen LogP contribution in [0.25, 0.3) is 11.5 Å². The monoisotopic (exact) mass is 261 g/mol. The van der Waals surface area contributed by atoms with Crippen molar-refractivity contribution in [1.82, 2.24) is 14.5 Å². The molecule has 1 N–H and O–H groups in total. The maximum atomic E-state index is 10.9. The lowest BCUT2D eigenvalue weighted by Gasteiger charge is -2.07. The molecule has 0 spiro atoms. The van der Waals surface area contributed by atoms with Gasteiger partial charge in [0.05, 0.1) is 11.0 Å². The van der Waals surface area contributed by atoms with E-state index < -0.39 is 4.92 Å². The number of nitro groups is 1. The Kier molecular flexibility index (Phi) is 3.74. The van der Waals surface area contributed by atoms with E-state index in [4.69, 9.17) is 0 Å². The molecule has 0 bridgehead atoms. The first-order valence-electron chi connectivity index (χ1n) is 6.01. The molecule has 0 aliphatic carbocycles. The molecular formula is C12H15N5O2. The fourth-order valence-electron chi connectivity index (χ4n) is 1.83. The van der Waals surface area contributed by atoms with Crippen molar-refractivity contribution in [1.29, 1.82) is 0 Å². The molecule has 0 unspecified atom stereocenters. The van der Waals surface area contributed by atoms with Gasteiger partial charge in [-0.05, 0) is 6.42 Å². The summed E-state index contributed by atoms with van der Waals surface area (Å²) in [6, 6.07) is 2.84. The Morgan fingerprint density at radius 1 is 1.47 bits per heavy atom. The van der Waals surface area contributed by atoms with Crippen molar-refractivity contribution in [3.63, 3.8) is 0 Å². The van der Waals surface area contributed by atoms with Gasteiger partial charge in [-0.15, -0.1) is 0 Å². The van der Waals surface area contributed by atoms with Crippen LogP contribution in [0.5, 0.6) is 0 Å². The maximum Gasteiger partial charge on any atom is 0.275 e. The van der Waals surface area contributed by atoms with Crippen molar-refractivity contribution in [2.75, 3.05) is 12.4 Å². The number of aryl methyl sites for hydroxylation is 1. The molecule has 0 aliphatic rings. The Bertz CT molecular complexity index is 594. The normalized spacial score (nSPS) is 10.4. The highest BCUT2D eigenvalue weighted by Crippen LogP contribution is 2.24. The molecular weight excluding hydrogens is 246 g/mol. The van der Waals surface area contributed by atoms with Crippen molar-refractivity contribution < 1.29 is 4.92 Å². The van der Waals surface area contributed by atoms with Gasteiger partial charge >= 0.3 is 0 Å². The number of hydrogen-bond donors (Lipinski definition) is 1.